The molecule has 1 aliphatic rings. The first-order valence-corrected chi connectivity index (χ1v) is 9.92. The third-order valence-corrected chi connectivity index (χ3v) is 6.48. The Morgan fingerprint density at radius 1 is 1.26 bits per heavy atom. The van der Waals surface area contributed by atoms with Crippen molar-refractivity contribution in [3.8, 4) is 5.75 Å². The predicted molar refractivity (Wildman–Crippen MR) is 109 cm³/mol. The number of para-hydroxylation sites is 1. The van der Waals surface area contributed by atoms with Gasteiger partial charge in [0.2, 0.25) is 0 Å². The molecule has 27 heavy (non-hydrogen) atoms. The fourth-order valence-corrected chi connectivity index (χ4v) is 5.00. The van der Waals surface area contributed by atoms with E-state index in [2.05, 4.69) is 26.1 Å². The number of hydrogen-bond donors (Lipinski definition) is 2. The highest BCUT2D eigenvalue weighted by Gasteiger charge is 2.33. The molecule has 3 rings (SSSR count). The number of methoxy groups -OCH3 is 1. The summed E-state index contributed by atoms with van der Waals surface area (Å²) in [7, 11) is 1.53. The van der Waals surface area contributed by atoms with E-state index < -0.39 is 5.91 Å². The second-order valence-electron chi connectivity index (χ2n) is 8.03. The average molecular weight is 387 g/mol. The molecule has 0 fully saturated rings. The lowest BCUT2D eigenvalue weighted by Crippen LogP contribution is -2.27. The van der Waals surface area contributed by atoms with Gasteiger partial charge in [0.15, 0.2) is 0 Å². The molecule has 6 heteroatoms. The number of rotatable bonds is 4. The van der Waals surface area contributed by atoms with Crippen LogP contribution in [-0.2, 0) is 12.8 Å². The van der Waals surface area contributed by atoms with Gasteiger partial charge in [-0.3, -0.25) is 9.59 Å². The zero-order valence-electron chi connectivity index (χ0n) is 16.2. The maximum Gasteiger partial charge on any atom is 0.260 e. The van der Waals surface area contributed by atoms with E-state index in [0.717, 1.165) is 29.7 Å². The van der Waals surface area contributed by atoms with Crippen LogP contribution in [-0.4, -0.2) is 18.9 Å². The Hall–Kier alpha value is -2.34. The summed E-state index contributed by atoms with van der Waals surface area (Å²) >= 11 is 1.47. The van der Waals surface area contributed by atoms with E-state index in [1.165, 1.54) is 18.4 Å². The molecule has 0 bridgehead atoms. The Bertz CT molecular complexity index is 880. The molecule has 1 aliphatic carbocycles. The molecule has 1 aromatic heterocycles. The molecule has 0 saturated carbocycles. The lowest BCUT2D eigenvalue weighted by atomic mass is 9.72. The molecule has 0 spiro atoms. The van der Waals surface area contributed by atoms with Crippen LogP contribution in [0.5, 0.6) is 5.75 Å². The van der Waals surface area contributed by atoms with Crippen molar-refractivity contribution < 1.29 is 14.3 Å². The second-order valence-corrected chi connectivity index (χ2v) is 9.14. The van der Waals surface area contributed by atoms with Crippen molar-refractivity contribution in [2.24, 2.45) is 17.1 Å². The summed E-state index contributed by atoms with van der Waals surface area (Å²) in [5, 5.41) is 3.43. The van der Waals surface area contributed by atoms with Crippen molar-refractivity contribution in [3.63, 3.8) is 0 Å². The first-order chi connectivity index (χ1) is 12.7. The number of carbonyl (C=O) groups excluding carboxylic acids is 2. The second kappa shape index (κ2) is 7.35. The van der Waals surface area contributed by atoms with E-state index in [0.29, 0.717) is 27.8 Å². The van der Waals surface area contributed by atoms with Crippen LogP contribution in [0.15, 0.2) is 24.3 Å². The fourth-order valence-electron chi connectivity index (χ4n) is 3.68. The molecule has 1 aromatic carbocycles. The minimum atomic E-state index is -0.489. The molecule has 2 amide bonds. The third-order valence-electron chi connectivity index (χ3n) is 5.32. The van der Waals surface area contributed by atoms with Crippen LogP contribution in [0.3, 0.4) is 0 Å². The van der Waals surface area contributed by atoms with Crippen LogP contribution in [0.25, 0.3) is 0 Å². The molecular weight excluding hydrogens is 360 g/mol. The van der Waals surface area contributed by atoms with Crippen LogP contribution in [0.2, 0.25) is 0 Å². The molecule has 5 nitrogen and oxygen atoms in total. The monoisotopic (exact) mass is 386 g/mol. The first kappa shape index (κ1) is 19.4. The molecule has 1 atom stereocenters. The van der Waals surface area contributed by atoms with E-state index in [4.69, 9.17) is 10.5 Å². The highest BCUT2D eigenvalue weighted by atomic mass is 32.1. The van der Waals surface area contributed by atoms with Crippen molar-refractivity contribution in [1.29, 1.82) is 0 Å². The quantitative estimate of drug-likeness (QED) is 0.824. The van der Waals surface area contributed by atoms with E-state index in [1.54, 1.807) is 24.3 Å². The number of anilines is 1. The smallest absolute Gasteiger partial charge is 0.260 e. The summed E-state index contributed by atoms with van der Waals surface area (Å²) < 4.78 is 5.27. The summed E-state index contributed by atoms with van der Waals surface area (Å²) in [5.41, 5.74) is 7.76. The number of carbonyl (C=O) groups is 2. The summed E-state index contributed by atoms with van der Waals surface area (Å²) in [4.78, 5) is 26.1. The predicted octanol–water partition coefficient (Wildman–Crippen LogP) is 4.26. The standard InChI is InChI=1S/C21H26N2O3S/c1-21(2,3)12-9-10-14-16(11-12)27-20(17(14)18(22)24)23-19(25)13-7-5-6-8-15(13)26-4/h5-8,12H,9-11H2,1-4H3,(H2,22,24)(H,23,25). The number of nitrogens with one attached hydrogen (secondary N) is 1. The lowest BCUT2D eigenvalue weighted by molar-refractivity contribution is 0.1000. The molecule has 0 saturated heterocycles. The molecular formula is C21H26N2O3S. The molecule has 0 aliphatic heterocycles. The Balaban J connectivity index is 1.94. The summed E-state index contributed by atoms with van der Waals surface area (Å²) in [5.74, 6) is 0.241. The van der Waals surface area contributed by atoms with Crippen LogP contribution >= 0.6 is 11.3 Å². The van der Waals surface area contributed by atoms with Gasteiger partial charge in [0.25, 0.3) is 11.8 Å². The van der Waals surface area contributed by atoms with Gasteiger partial charge < -0.3 is 15.8 Å². The van der Waals surface area contributed by atoms with Crippen LogP contribution in [0.4, 0.5) is 5.00 Å². The molecule has 0 radical (unpaired) electrons. The normalized spacial score (nSPS) is 16.5. The van der Waals surface area contributed by atoms with Gasteiger partial charge in [-0.05, 0) is 48.3 Å². The van der Waals surface area contributed by atoms with E-state index in [9.17, 15) is 9.59 Å². The van der Waals surface area contributed by atoms with Crippen molar-refractivity contribution >= 4 is 28.2 Å². The van der Waals surface area contributed by atoms with Gasteiger partial charge in [0.05, 0.1) is 18.2 Å². The molecule has 2 aromatic rings. The van der Waals surface area contributed by atoms with Gasteiger partial charge in [0, 0.05) is 4.88 Å². The number of hydrogen-bond acceptors (Lipinski definition) is 4. The average Bonchev–Trinajstić information content (AvgIpc) is 2.97. The number of nitrogens with two attached hydrogens (primary N) is 1. The molecule has 1 heterocycles. The highest BCUT2D eigenvalue weighted by molar-refractivity contribution is 7.17. The minimum Gasteiger partial charge on any atom is -0.496 e. The topological polar surface area (TPSA) is 81.4 Å². The van der Waals surface area contributed by atoms with Gasteiger partial charge in [-0.1, -0.05) is 32.9 Å². The summed E-state index contributed by atoms with van der Waals surface area (Å²) in [6.45, 7) is 6.74. The largest absolute Gasteiger partial charge is 0.496 e. The van der Waals surface area contributed by atoms with E-state index in [-0.39, 0.29) is 11.3 Å². The van der Waals surface area contributed by atoms with E-state index in [1.807, 2.05) is 0 Å². The Morgan fingerprint density at radius 2 is 1.96 bits per heavy atom. The maximum atomic E-state index is 12.8. The highest BCUT2D eigenvalue weighted by Crippen LogP contribution is 2.44. The number of thiophene rings is 1. The Morgan fingerprint density at radius 3 is 2.59 bits per heavy atom. The van der Waals surface area contributed by atoms with Gasteiger partial charge in [0.1, 0.15) is 10.8 Å². The lowest BCUT2D eigenvalue weighted by Gasteiger charge is -2.33. The third kappa shape index (κ3) is 3.86. The van der Waals surface area contributed by atoms with Crippen molar-refractivity contribution in [1.82, 2.24) is 0 Å². The fraction of sp³-hybridized carbons (Fsp3) is 0.429. The van der Waals surface area contributed by atoms with Gasteiger partial charge in [-0.25, -0.2) is 0 Å². The SMILES string of the molecule is COc1ccccc1C(=O)Nc1sc2c(c1C(N)=O)CCC(C(C)(C)C)C2. The summed E-state index contributed by atoms with van der Waals surface area (Å²) in [6, 6.07) is 7.01. The Kier molecular flexibility index (Phi) is 5.29. The summed E-state index contributed by atoms with van der Waals surface area (Å²) in [6.07, 6.45) is 2.75. The molecule has 3 N–H and O–H groups in total. The van der Waals surface area contributed by atoms with Crippen molar-refractivity contribution in [2.45, 2.75) is 40.0 Å². The van der Waals surface area contributed by atoms with E-state index >= 15 is 0 Å². The van der Waals surface area contributed by atoms with Crippen LogP contribution in [0, 0.1) is 11.3 Å². The zero-order chi connectivity index (χ0) is 19.8. The maximum absolute atomic E-state index is 12.8. The van der Waals surface area contributed by atoms with Gasteiger partial charge in [-0.15, -0.1) is 11.3 Å². The number of fused-ring (bicyclic) bond motifs is 1. The van der Waals surface area contributed by atoms with Crippen molar-refractivity contribution in [2.75, 3.05) is 12.4 Å². The Labute approximate surface area is 163 Å². The molecule has 1 unspecified atom stereocenters. The van der Waals surface area contributed by atoms with Crippen LogP contribution < -0.4 is 15.8 Å². The first-order valence-electron chi connectivity index (χ1n) is 9.11. The van der Waals surface area contributed by atoms with Crippen LogP contribution in [0.1, 0.15) is 58.3 Å². The van der Waals surface area contributed by atoms with Gasteiger partial charge in [-0.2, -0.15) is 0 Å². The number of ether oxygens (including phenoxy) is 1. The van der Waals surface area contributed by atoms with Gasteiger partial charge >= 0.3 is 0 Å². The number of benzene rings is 1. The minimum absolute atomic E-state index is 0.204. The molecule has 144 valence electrons. The number of amides is 2. The zero-order valence-corrected chi connectivity index (χ0v) is 17.0. The number of primary amides is 1. The van der Waals surface area contributed by atoms with Crippen molar-refractivity contribution in [3.05, 3.63) is 45.8 Å².